The average molecular weight is 300 g/mol. The highest BCUT2D eigenvalue weighted by atomic mass is 32.1. The number of hydrogen-bond acceptors (Lipinski definition) is 4. The van der Waals surface area contributed by atoms with Gasteiger partial charge < -0.3 is 9.47 Å². The predicted octanol–water partition coefficient (Wildman–Crippen LogP) is 3.84. The highest BCUT2D eigenvalue weighted by Crippen LogP contribution is 2.34. The molecule has 0 spiro atoms. The van der Waals surface area contributed by atoms with Crippen LogP contribution in [0.25, 0.3) is 16.2 Å². The summed E-state index contributed by atoms with van der Waals surface area (Å²) in [6.45, 7) is 5.66. The molecule has 4 rings (SSSR count). The van der Waals surface area contributed by atoms with Crippen molar-refractivity contribution in [2.24, 2.45) is 0 Å². The summed E-state index contributed by atoms with van der Waals surface area (Å²) in [6, 6.07) is 6.04. The van der Waals surface area contributed by atoms with E-state index >= 15 is 0 Å². The van der Waals surface area contributed by atoms with Crippen LogP contribution in [0.15, 0.2) is 24.4 Å². The Balaban J connectivity index is 1.79. The van der Waals surface area contributed by atoms with Crippen molar-refractivity contribution in [3.8, 4) is 22.8 Å². The highest BCUT2D eigenvalue weighted by Gasteiger charge is 2.14. The summed E-state index contributed by atoms with van der Waals surface area (Å²) in [5, 5.41) is 0. The van der Waals surface area contributed by atoms with Gasteiger partial charge in [0, 0.05) is 28.8 Å². The second-order valence-electron chi connectivity index (χ2n) is 5.23. The highest BCUT2D eigenvalue weighted by molar-refractivity contribution is 7.17. The van der Waals surface area contributed by atoms with Crippen LogP contribution in [0.4, 0.5) is 0 Å². The molecule has 3 heterocycles. The van der Waals surface area contributed by atoms with Crippen molar-refractivity contribution < 1.29 is 9.47 Å². The zero-order valence-electron chi connectivity index (χ0n) is 12.0. The summed E-state index contributed by atoms with van der Waals surface area (Å²) in [4.78, 5) is 7.06. The minimum Gasteiger partial charge on any atom is -0.490 e. The number of rotatable bonds is 1. The topological polar surface area (TPSA) is 35.8 Å². The van der Waals surface area contributed by atoms with Gasteiger partial charge in [0.05, 0.1) is 18.9 Å². The maximum absolute atomic E-state index is 5.75. The molecule has 0 aliphatic carbocycles. The molecule has 0 radical (unpaired) electrons. The van der Waals surface area contributed by atoms with Gasteiger partial charge in [0.25, 0.3) is 0 Å². The third-order valence-electron chi connectivity index (χ3n) is 3.83. The van der Waals surface area contributed by atoms with Crippen LogP contribution in [0.2, 0.25) is 0 Å². The van der Waals surface area contributed by atoms with Crippen LogP contribution in [0.3, 0.4) is 0 Å². The van der Waals surface area contributed by atoms with Gasteiger partial charge in [-0.05, 0) is 32.0 Å². The fraction of sp³-hybridized carbons (Fsp3) is 0.312. The number of nitrogens with zero attached hydrogens (tertiary/aromatic N) is 2. The second kappa shape index (κ2) is 4.77. The van der Waals surface area contributed by atoms with Crippen molar-refractivity contribution in [1.29, 1.82) is 0 Å². The first kappa shape index (κ1) is 12.7. The number of fused-ring (bicyclic) bond motifs is 2. The largest absolute Gasteiger partial charge is 0.490 e. The van der Waals surface area contributed by atoms with Gasteiger partial charge in [-0.2, -0.15) is 0 Å². The first-order valence-electron chi connectivity index (χ1n) is 7.07. The summed E-state index contributed by atoms with van der Waals surface area (Å²) >= 11 is 1.72. The molecule has 108 valence electrons. The van der Waals surface area contributed by atoms with Crippen LogP contribution in [-0.2, 0) is 0 Å². The van der Waals surface area contributed by atoms with Gasteiger partial charge in [-0.25, -0.2) is 4.98 Å². The Labute approximate surface area is 127 Å². The molecule has 0 unspecified atom stereocenters. The average Bonchev–Trinajstić information content (AvgIpc) is 2.89. The van der Waals surface area contributed by atoms with Crippen molar-refractivity contribution in [2.45, 2.75) is 20.3 Å². The van der Waals surface area contributed by atoms with E-state index in [0.29, 0.717) is 13.2 Å². The van der Waals surface area contributed by atoms with Crippen LogP contribution >= 0.6 is 11.3 Å². The van der Waals surface area contributed by atoms with Gasteiger partial charge in [0.15, 0.2) is 16.5 Å². The molecule has 1 aromatic carbocycles. The number of ether oxygens (including phenoxy) is 2. The van der Waals surface area contributed by atoms with E-state index in [0.717, 1.165) is 34.1 Å². The van der Waals surface area contributed by atoms with E-state index in [2.05, 4.69) is 24.4 Å². The molecule has 2 aromatic heterocycles. The first-order valence-corrected chi connectivity index (χ1v) is 7.89. The number of thiazole rings is 1. The van der Waals surface area contributed by atoms with E-state index in [-0.39, 0.29) is 0 Å². The monoisotopic (exact) mass is 300 g/mol. The van der Waals surface area contributed by atoms with Crippen LogP contribution in [0, 0.1) is 13.8 Å². The maximum Gasteiger partial charge on any atom is 0.194 e. The lowest BCUT2D eigenvalue weighted by atomic mass is 10.1. The standard InChI is InChI=1S/C16H16N2O2S/c1-10-11(2)21-16-17-13(9-18(10)16)12-4-5-14-15(8-12)20-7-3-6-19-14/h4-5,8-9H,3,6-7H2,1-2H3. The van der Waals surface area contributed by atoms with Crippen molar-refractivity contribution >= 4 is 16.3 Å². The predicted molar refractivity (Wildman–Crippen MR) is 83.6 cm³/mol. The normalized spacial score (nSPS) is 14.4. The zero-order valence-corrected chi connectivity index (χ0v) is 12.9. The van der Waals surface area contributed by atoms with Crippen LogP contribution in [0.5, 0.6) is 11.5 Å². The van der Waals surface area contributed by atoms with Crippen molar-refractivity contribution in [1.82, 2.24) is 9.38 Å². The van der Waals surface area contributed by atoms with Gasteiger partial charge in [0.1, 0.15) is 0 Å². The van der Waals surface area contributed by atoms with Crippen LogP contribution < -0.4 is 9.47 Å². The van der Waals surface area contributed by atoms with Gasteiger partial charge in [-0.3, -0.25) is 4.40 Å². The number of hydrogen-bond donors (Lipinski definition) is 0. The van der Waals surface area contributed by atoms with Crippen LogP contribution in [0.1, 0.15) is 17.0 Å². The fourth-order valence-corrected chi connectivity index (χ4v) is 3.47. The Hall–Kier alpha value is -2.01. The molecular weight excluding hydrogens is 284 g/mol. The third kappa shape index (κ3) is 2.08. The number of aryl methyl sites for hydroxylation is 2. The SMILES string of the molecule is Cc1sc2nc(-c3ccc4c(c3)OCCCO4)cn2c1C. The molecule has 3 aromatic rings. The molecule has 0 saturated carbocycles. The first-order chi connectivity index (χ1) is 10.2. The summed E-state index contributed by atoms with van der Waals surface area (Å²) < 4.78 is 13.6. The van der Waals surface area contributed by atoms with E-state index in [9.17, 15) is 0 Å². The van der Waals surface area contributed by atoms with E-state index in [1.165, 1.54) is 10.6 Å². The van der Waals surface area contributed by atoms with Gasteiger partial charge >= 0.3 is 0 Å². The fourth-order valence-electron chi connectivity index (χ4n) is 2.52. The van der Waals surface area contributed by atoms with E-state index < -0.39 is 0 Å². The zero-order chi connectivity index (χ0) is 14.4. The Morgan fingerprint density at radius 1 is 1.14 bits per heavy atom. The molecule has 1 aliphatic heterocycles. The number of imidazole rings is 1. The summed E-state index contributed by atoms with van der Waals surface area (Å²) in [7, 11) is 0. The molecule has 5 heteroatoms. The molecule has 0 bridgehead atoms. The number of aromatic nitrogens is 2. The van der Waals surface area contributed by atoms with Crippen molar-refractivity contribution in [3.63, 3.8) is 0 Å². The lowest BCUT2D eigenvalue weighted by molar-refractivity contribution is 0.297. The summed E-state index contributed by atoms with van der Waals surface area (Å²) in [6.07, 6.45) is 3.01. The van der Waals surface area contributed by atoms with Crippen molar-refractivity contribution in [2.75, 3.05) is 13.2 Å². The minimum absolute atomic E-state index is 0.701. The van der Waals surface area contributed by atoms with E-state index in [4.69, 9.17) is 14.5 Å². The molecule has 0 fully saturated rings. The Morgan fingerprint density at radius 2 is 1.95 bits per heavy atom. The van der Waals surface area contributed by atoms with Gasteiger partial charge in [-0.1, -0.05) is 0 Å². The smallest absolute Gasteiger partial charge is 0.194 e. The second-order valence-corrected chi connectivity index (χ2v) is 6.42. The van der Waals surface area contributed by atoms with Crippen LogP contribution in [-0.4, -0.2) is 22.6 Å². The maximum atomic E-state index is 5.75. The molecular formula is C16H16N2O2S. The molecule has 0 saturated heterocycles. The quantitative estimate of drug-likeness (QED) is 0.685. The molecule has 4 nitrogen and oxygen atoms in total. The Kier molecular flexibility index (Phi) is 2.89. The summed E-state index contributed by atoms with van der Waals surface area (Å²) in [5.41, 5.74) is 3.29. The lowest BCUT2D eigenvalue weighted by Crippen LogP contribution is -1.97. The lowest BCUT2D eigenvalue weighted by Gasteiger charge is -2.08. The van der Waals surface area contributed by atoms with Crippen molar-refractivity contribution in [3.05, 3.63) is 35.0 Å². The number of benzene rings is 1. The molecule has 0 N–H and O–H groups in total. The van der Waals surface area contributed by atoms with Gasteiger partial charge in [-0.15, -0.1) is 11.3 Å². The van der Waals surface area contributed by atoms with Gasteiger partial charge in [0.2, 0.25) is 0 Å². The van der Waals surface area contributed by atoms with E-state index in [1.807, 2.05) is 18.2 Å². The summed E-state index contributed by atoms with van der Waals surface area (Å²) in [5.74, 6) is 1.64. The molecule has 21 heavy (non-hydrogen) atoms. The Morgan fingerprint density at radius 3 is 2.76 bits per heavy atom. The minimum atomic E-state index is 0.701. The van der Waals surface area contributed by atoms with E-state index in [1.54, 1.807) is 11.3 Å². The molecule has 0 amide bonds. The third-order valence-corrected chi connectivity index (χ3v) is 4.90. The molecule has 1 aliphatic rings. The molecule has 0 atom stereocenters. The Bertz CT molecular complexity index is 819.